The quantitative estimate of drug-likeness (QED) is 0.620. The number of carbonyl (C=O) groups excluding carboxylic acids is 2. The van der Waals surface area contributed by atoms with Crippen molar-refractivity contribution < 1.29 is 14.0 Å². The van der Waals surface area contributed by atoms with E-state index in [-0.39, 0.29) is 12.5 Å². The second-order valence-electron chi connectivity index (χ2n) is 4.81. The fraction of sp³-hybridized carbons (Fsp3) is 0.188. The average molecular weight is 378 g/mol. The molecule has 2 aromatic rings. The van der Waals surface area contributed by atoms with Crippen molar-refractivity contribution in [2.75, 3.05) is 6.54 Å². The Morgan fingerprint density at radius 2 is 1.96 bits per heavy atom. The van der Waals surface area contributed by atoms with E-state index in [1.807, 2.05) is 13.0 Å². The van der Waals surface area contributed by atoms with Crippen LogP contribution in [0.1, 0.15) is 28.8 Å². The fourth-order valence-electron chi connectivity index (χ4n) is 1.77. The number of furan rings is 1. The highest BCUT2D eigenvalue weighted by Crippen LogP contribution is 2.15. The molecule has 1 aromatic heterocycles. The van der Waals surface area contributed by atoms with Crippen LogP contribution in [0.25, 0.3) is 0 Å². The number of hydrogen-bond donors (Lipinski definition) is 2. The predicted molar refractivity (Wildman–Crippen MR) is 90.3 cm³/mol. The molecule has 120 valence electrons. The summed E-state index contributed by atoms with van der Waals surface area (Å²) < 4.78 is 6.06. The maximum Gasteiger partial charge on any atom is 0.259 e. The summed E-state index contributed by atoms with van der Waals surface area (Å²) in [7, 11) is 0. The molecule has 6 nitrogen and oxygen atoms in total. The standard InChI is InChI=1S/C16H16BrN3O3/c1-10-7-8-14(23-10)11(2)19-20-15(21)9-18-16(22)12-5-3-4-6-13(12)17/h3-8H,9H2,1-2H3,(H,18,22)(H,20,21)/b19-11-. The van der Waals surface area contributed by atoms with E-state index in [0.717, 1.165) is 5.76 Å². The lowest BCUT2D eigenvalue weighted by Crippen LogP contribution is -2.35. The minimum Gasteiger partial charge on any atom is -0.460 e. The summed E-state index contributed by atoms with van der Waals surface area (Å²) in [4.78, 5) is 23.7. The number of halogens is 1. The zero-order chi connectivity index (χ0) is 16.8. The molecule has 2 N–H and O–H groups in total. The van der Waals surface area contributed by atoms with Crippen LogP contribution in [0.5, 0.6) is 0 Å². The van der Waals surface area contributed by atoms with Gasteiger partial charge in [-0.2, -0.15) is 5.10 Å². The van der Waals surface area contributed by atoms with Gasteiger partial charge in [-0.05, 0) is 54.0 Å². The van der Waals surface area contributed by atoms with Gasteiger partial charge in [-0.15, -0.1) is 0 Å². The number of nitrogens with one attached hydrogen (secondary N) is 2. The van der Waals surface area contributed by atoms with Gasteiger partial charge in [0.15, 0.2) is 0 Å². The lowest BCUT2D eigenvalue weighted by Gasteiger charge is -2.06. The average Bonchev–Trinajstić information content (AvgIpc) is 2.97. The minimum absolute atomic E-state index is 0.172. The molecule has 0 spiro atoms. The van der Waals surface area contributed by atoms with E-state index >= 15 is 0 Å². The molecule has 0 radical (unpaired) electrons. The zero-order valence-electron chi connectivity index (χ0n) is 12.7. The Bertz CT molecular complexity index is 753. The van der Waals surface area contributed by atoms with Crippen LogP contribution in [0.3, 0.4) is 0 Å². The predicted octanol–water partition coefficient (Wildman–Crippen LogP) is 2.62. The fourth-order valence-corrected chi connectivity index (χ4v) is 2.24. The van der Waals surface area contributed by atoms with Crippen LogP contribution in [0.15, 0.2) is 50.4 Å². The first-order valence-electron chi connectivity index (χ1n) is 6.90. The normalized spacial score (nSPS) is 11.2. The van der Waals surface area contributed by atoms with Crippen LogP contribution in [0, 0.1) is 6.92 Å². The first-order chi connectivity index (χ1) is 11.0. The third kappa shape index (κ3) is 4.79. The number of hydrazone groups is 1. The van der Waals surface area contributed by atoms with Crippen molar-refractivity contribution in [3.63, 3.8) is 0 Å². The van der Waals surface area contributed by atoms with Gasteiger partial charge in [-0.1, -0.05) is 12.1 Å². The molecule has 23 heavy (non-hydrogen) atoms. The van der Waals surface area contributed by atoms with Gasteiger partial charge in [0.25, 0.3) is 11.8 Å². The topological polar surface area (TPSA) is 83.7 Å². The molecular formula is C16H16BrN3O3. The van der Waals surface area contributed by atoms with Gasteiger partial charge in [0.05, 0.1) is 12.1 Å². The van der Waals surface area contributed by atoms with E-state index in [2.05, 4.69) is 31.8 Å². The SMILES string of the molecule is C/C(=N/NC(=O)CNC(=O)c1ccccc1Br)c1ccc(C)o1. The van der Waals surface area contributed by atoms with Crippen LogP contribution in [0.2, 0.25) is 0 Å². The van der Waals surface area contributed by atoms with Gasteiger partial charge in [0.2, 0.25) is 0 Å². The van der Waals surface area contributed by atoms with Crippen LogP contribution in [0.4, 0.5) is 0 Å². The number of hydrogen-bond acceptors (Lipinski definition) is 4. The molecule has 0 aliphatic heterocycles. The lowest BCUT2D eigenvalue weighted by atomic mass is 10.2. The number of carbonyl (C=O) groups is 2. The van der Waals surface area contributed by atoms with Gasteiger partial charge in [-0.3, -0.25) is 9.59 Å². The molecule has 0 saturated carbocycles. The van der Waals surface area contributed by atoms with E-state index in [9.17, 15) is 9.59 Å². The smallest absolute Gasteiger partial charge is 0.259 e. The van der Waals surface area contributed by atoms with Crippen molar-refractivity contribution in [3.8, 4) is 0 Å². The van der Waals surface area contributed by atoms with E-state index in [1.54, 1.807) is 37.3 Å². The molecule has 0 aliphatic carbocycles. The van der Waals surface area contributed by atoms with Crippen LogP contribution >= 0.6 is 15.9 Å². The summed E-state index contributed by atoms with van der Waals surface area (Å²) in [6.07, 6.45) is 0. The molecular weight excluding hydrogens is 362 g/mol. The zero-order valence-corrected chi connectivity index (χ0v) is 14.3. The maximum absolute atomic E-state index is 12.0. The van der Waals surface area contributed by atoms with E-state index in [4.69, 9.17) is 4.42 Å². The number of rotatable bonds is 5. The molecule has 0 fully saturated rings. The summed E-state index contributed by atoms with van der Waals surface area (Å²) in [5.74, 6) is 0.588. The molecule has 0 saturated heterocycles. The van der Waals surface area contributed by atoms with Crippen molar-refractivity contribution in [3.05, 3.63) is 58.0 Å². The molecule has 2 amide bonds. The maximum atomic E-state index is 12.0. The molecule has 1 heterocycles. The molecule has 1 aromatic carbocycles. The van der Waals surface area contributed by atoms with Crippen molar-refractivity contribution in [1.82, 2.24) is 10.7 Å². The van der Waals surface area contributed by atoms with Gasteiger partial charge in [0.1, 0.15) is 17.2 Å². The highest BCUT2D eigenvalue weighted by atomic mass is 79.9. The highest BCUT2D eigenvalue weighted by Gasteiger charge is 2.10. The van der Waals surface area contributed by atoms with Crippen molar-refractivity contribution >= 4 is 33.5 Å². The summed E-state index contributed by atoms with van der Waals surface area (Å²) >= 11 is 3.29. The van der Waals surface area contributed by atoms with E-state index in [0.29, 0.717) is 21.5 Å². The first-order valence-corrected chi connectivity index (χ1v) is 7.69. The Morgan fingerprint density at radius 3 is 2.61 bits per heavy atom. The van der Waals surface area contributed by atoms with Crippen molar-refractivity contribution in [2.45, 2.75) is 13.8 Å². The Labute approximate surface area is 142 Å². The van der Waals surface area contributed by atoms with E-state index < -0.39 is 5.91 Å². The minimum atomic E-state index is -0.423. The summed E-state index contributed by atoms with van der Waals surface area (Å²) in [6.45, 7) is 3.37. The lowest BCUT2D eigenvalue weighted by molar-refractivity contribution is -0.120. The Hall–Kier alpha value is -2.41. The van der Waals surface area contributed by atoms with Gasteiger partial charge in [0, 0.05) is 4.47 Å². The van der Waals surface area contributed by atoms with Crippen LogP contribution < -0.4 is 10.7 Å². The molecule has 0 unspecified atom stereocenters. The largest absolute Gasteiger partial charge is 0.460 e. The van der Waals surface area contributed by atoms with E-state index in [1.165, 1.54) is 0 Å². The molecule has 0 atom stereocenters. The number of benzene rings is 1. The van der Waals surface area contributed by atoms with Gasteiger partial charge >= 0.3 is 0 Å². The molecule has 0 bridgehead atoms. The van der Waals surface area contributed by atoms with Crippen LogP contribution in [-0.2, 0) is 4.79 Å². The summed E-state index contributed by atoms with van der Waals surface area (Å²) in [5, 5.41) is 6.47. The van der Waals surface area contributed by atoms with Crippen LogP contribution in [-0.4, -0.2) is 24.1 Å². The Balaban J connectivity index is 1.86. The monoisotopic (exact) mass is 377 g/mol. The second kappa shape index (κ2) is 7.73. The van der Waals surface area contributed by atoms with Gasteiger partial charge < -0.3 is 9.73 Å². The molecule has 0 aliphatic rings. The van der Waals surface area contributed by atoms with Gasteiger partial charge in [-0.25, -0.2) is 5.43 Å². The molecule has 2 rings (SSSR count). The van der Waals surface area contributed by atoms with Crippen molar-refractivity contribution in [2.24, 2.45) is 5.10 Å². The third-order valence-corrected chi connectivity index (χ3v) is 3.66. The highest BCUT2D eigenvalue weighted by molar-refractivity contribution is 9.10. The number of amides is 2. The summed E-state index contributed by atoms with van der Waals surface area (Å²) in [5.41, 5.74) is 3.38. The number of aryl methyl sites for hydroxylation is 1. The Morgan fingerprint density at radius 1 is 1.22 bits per heavy atom. The summed E-state index contributed by atoms with van der Waals surface area (Å²) in [6, 6.07) is 10.6. The first kappa shape index (κ1) is 17.0. The second-order valence-corrected chi connectivity index (χ2v) is 5.66. The third-order valence-electron chi connectivity index (χ3n) is 2.97. The Kier molecular flexibility index (Phi) is 5.70. The molecule has 7 heteroatoms. The number of nitrogens with zero attached hydrogens (tertiary/aromatic N) is 1. The van der Waals surface area contributed by atoms with Crippen molar-refractivity contribution in [1.29, 1.82) is 0 Å².